The fraction of sp³-hybridized carbons (Fsp3) is 0.360. The molecule has 5 rings (SSSR count). The molecule has 1 unspecified atom stereocenters. The van der Waals surface area contributed by atoms with E-state index < -0.39 is 18.6 Å². The second-order valence-corrected chi connectivity index (χ2v) is 8.90. The third-order valence-electron chi connectivity index (χ3n) is 6.20. The van der Waals surface area contributed by atoms with Gasteiger partial charge in [-0.2, -0.15) is 23.3 Å². The number of alkyl halides is 3. The summed E-state index contributed by atoms with van der Waals surface area (Å²) in [7, 11) is 3.06. The van der Waals surface area contributed by atoms with E-state index in [0.717, 1.165) is 42.5 Å². The Bertz CT molecular complexity index is 1460. The second kappa shape index (κ2) is 10.3. The molecule has 1 aliphatic heterocycles. The highest BCUT2D eigenvalue weighted by molar-refractivity contribution is 5.97. The van der Waals surface area contributed by atoms with E-state index in [1.165, 1.54) is 19.2 Å². The van der Waals surface area contributed by atoms with Crippen LogP contribution in [0.5, 0.6) is 5.75 Å². The number of carbonyl (C=O) groups excluding carboxylic acids is 1. The maximum Gasteiger partial charge on any atom is 0.405 e. The van der Waals surface area contributed by atoms with Crippen LogP contribution in [0.1, 0.15) is 35.8 Å². The molecular formula is C25H26F3N7O3. The van der Waals surface area contributed by atoms with Crippen molar-refractivity contribution < 1.29 is 27.4 Å². The van der Waals surface area contributed by atoms with Crippen LogP contribution in [0.25, 0.3) is 22.3 Å². The third kappa shape index (κ3) is 5.42. The summed E-state index contributed by atoms with van der Waals surface area (Å²) < 4.78 is 52.0. The first-order valence-electron chi connectivity index (χ1n) is 12.0. The van der Waals surface area contributed by atoms with Crippen LogP contribution in [0, 0.1) is 0 Å². The zero-order chi connectivity index (χ0) is 26.9. The van der Waals surface area contributed by atoms with Gasteiger partial charge in [-0.3, -0.25) is 4.79 Å². The smallest absolute Gasteiger partial charge is 0.405 e. The molecule has 2 aromatic heterocycles. The number of nitrogens with zero attached hydrogens (tertiary/aromatic N) is 5. The van der Waals surface area contributed by atoms with Crippen LogP contribution in [0.15, 0.2) is 42.6 Å². The standard InChI is InChI=1S/C25H26F3N7O3/c1-34-24(31-17-7-9-19-16(11-17)13-30-35(19)21-5-3-4-10-38-21)32-22(33-34)15-6-8-18(20(12-15)37-2)23(36)29-14-25(26,27)28/h6-9,11-13,21H,3-5,10,14H2,1-2H3,(H,29,36)(H,31,32,33). The van der Waals surface area contributed by atoms with Crippen LogP contribution < -0.4 is 15.4 Å². The normalized spacial score (nSPS) is 16.0. The summed E-state index contributed by atoms with van der Waals surface area (Å²) in [5.74, 6) is 0.0246. The Kier molecular flexibility index (Phi) is 6.93. The van der Waals surface area contributed by atoms with Gasteiger partial charge in [0.2, 0.25) is 5.95 Å². The lowest BCUT2D eigenvalue weighted by Gasteiger charge is -2.23. The molecule has 0 bridgehead atoms. The van der Waals surface area contributed by atoms with Gasteiger partial charge in [-0.25, -0.2) is 9.36 Å². The van der Waals surface area contributed by atoms with Gasteiger partial charge in [0.05, 0.1) is 24.4 Å². The monoisotopic (exact) mass is 529 g/mol. The number of nitrogens with one attached hydrogen (secondary N) is 2. The van der Waals surface area contributed by atoms with E-state index in [-0.39, 0.29) is 17.5 Å². The molecule has 4 aromatic rings. The fourth-order valence-corrected chi connectivity index (χ4v) is 4.32. The molecule has 1 aliphatic rings. The van der Waals surface area contributed by atoms with Crippen LogP contribution in [-0.2, 0) is 11.8 Å². The molecule has 0 radical (unpaired) electrons. The van der Waals surface area contributed by atoms with Gasteiger partial charge in [0, 0.05) is 30.3 Å². The molecule has 38 heavy (non-hydrogen) atoms. The van der Waals surface area contributed by atoms with Crippen molar-refractivity contribution in [2.45, 2.75) is 31.7 Å². The molecule has 0 saturated carbocycles. The largest absolute Gasteiger partial charge is 0.496 e. The predicted octanol–water partition coefficient (Wildman–Crippen LogP) is 4.58. The number of aryl methyl sites for hydroxylation is 1. The molecular weight excluding hydrogens is 503 g/mol. The van der Waals surface area contributed by atoms with E-state index in [1.807, 2.05) is 28.2 Å². The number of carbonyl (C=O) groups is 1. The Labute approximate surface area is 215 Å². The molecule has 1 atom stereocenters. The average molecular weight is 530 g/mol. The van der Waals surface area contributed by atoms with Crippen molar-refractivity contribution in [3.05, 3.63) is 48.2 Å². The molecule has 200 valence electrons. The second-order valence-electron chi connectivity index (χ2n) is 8.90. The van der Waals surface area contributed by atoms with E-state index >= 15 is 0 Å². The Hall–Kier alpha value is -4.13. The number of aromatic nitrogens is 5. The molecule has 1 saturated heterocycles. The van der Waals surface area contributed by atoms with Crippen LogP contribution >= 0.6 is 0 Å². The lowest BCUT2D eigenvalue weighted by Crippen LogP contribution is -2.33. The minimum absolute atomic E-state index is 0.0257. The van der Waals surface area contributed by atoms with E-state index in [0.29, 0.717) is 17.3 Å². The van der Waals surface area contributed by atoms with Crippen LogP contribution in [0.4, 0.5) is 24.8 Å². The number of methoxy groups -OCH3 is 1. The Morgan fingerprint density at radius 3 is 2.79 bits per heavy atom. The minimum Gasteiger partial charge on any atom is -0.496 e. The van der Waals surface area contributed by atoms with Gasteiger partial charge < -0.3 is 20.1 Å². The summed E-state index contributed by atoms with van der Waals surface area (Å²) in [6.07, 6.45) is 0.346. The number of rotatable bonds is 7. The highest BCUT2D eigenvalue weighted by Gasteiger charge is 2.28. The van der Waals surface area contributed by atoms with E-state index in [1.54, 1.807) is 24.0 Å². The van der Waals surface area contributed by atoms with E-state index in [4.69, 9.17) is 9.47 Å². The van der Waals surface area contributed by atoms with Crippen molar-refractivity contribution in [2.24, 2.45) is 7.05 Å². The fourth-order valence-electron chi connectivity index (χ4n) is 4.32. The molecule has 13 heteroatoms. The summed E-state index contributed by atoms with van der Waals surface area (Å²) in [6.45, 7) is -0.700. The molecule has 3 heterocycles. The van der Waals surface area contributed by atoms with Crippen LogP contribution in [0.3, 0.4) is 0 Å². The molecule has 2 N–H and O–H groups in total. The summed E-state index contributed by atoms with van der Waals surface area (Å²) in [5, 5.41) is 15.0. The predicted molar refractivity (Wildman–Crippen MR) is 133 cm³/mol. The number of amides is 1. The van der Waals surface area contributed by atoms with Crippen LogP contribution in [-0.4, -0.2) is 56.9 Å². The van der Waals surface area contributed by atoms with Crippen LogP contribution in [0.2, 0.25) is 0 Å². The van der Waals surface area contributed by atoms with E-state index in [2.05, 4.69) is 20.5 Å². The first-order valence-corrected chi connectivity index (χ1v) is 12.0. The number of halogens is 3. The molecule has 0 aliphatic carbocycles. The first-order chi connectivity index (χ1) is 18.2. The molecule has 10 nitrogen and oxygen atoms in total. The maximum absolute atomic E-state index is 12.5. The number of hydrogen-bond acceptors (Lipinski definition) is 7. The Balaban J connectivity index is 1.34. The summed E-state index contributed by atoms with van der Waals surface area (Å²) in [5.41, 5.74) is 2.27. The number of fused-ring (bicyclic) bond motifs is 1. The number of benzene rings is 2. The maximum atomic E-state index is 12.5. The molecule has 0 spiro atoms. The molecule has 1 fully saturated rings. The minimum atomic E-state index is -4.51. The van der Waals surface area contributed by atoms with Crippen molar-refractivity contribution in [2.75, 3.05) is 25.6 Å². The Morgan fingerprint density at radius 1 is 1.21 bits per heavy atom. The number of ether oxygens (including phenoxy) is 2. The van der Waals surface area contributed by atoms with Gasteiger partial charge in [0.25, 0.3) is 5.91 Å². The SMILES string of the molecule is COc1cc(-c2nc(Nc3ccc4c(cnn4C4CCCCO4)c3)n(C)n2)ccc1C(=O)NCC(F)(F)F. The van der Waals surface area contributed by atoms with Crippen molar-refractivity contribution in [3.8, 4) is 17.1 Å². The topological polar surface area (TPSA) is 108 Å². The molecule has 2 aromatic carbocycles. The van der Waals surface area contributed by atoms with E-state index in [9.17, 15) is 18.0 Å². The zero-order valence-corrected chi connectivity index (χ0v) is 20.7. The van der Waals surface area contributed by atoms with Crippen molar-refractivity contribution in [1.29, 1.82) is 0 Å². The third-order valence-corrected chi connectivity index (χ3v) is 6.20. The van der Waals surface area contributed by atoms with Crippen molar-refractivity contribution in [1.82, 2.24) is 29.9 Å². The lowest BCUT2D eigenvalue weighted by molar-refractivity contribution is -0.123. The zero-order valence-electron chi connectivity index (χ0n) is 20.7. The Morgan fingerprint density at radius 2 is 2.05 bits per heavy atom. The number of hydrogen-bond donors (Lipinski definition) is 2. The highest BCUT2D eigenvalue weighted by atomic mass is 19.4. The molecule has 1 amide bonds. The van der Waals surface area contributed by atoms with Gasteiger partial charge >= 0.3 is 6.18 Å². The quantitative estimate of drug-likeness (QED) is 0.361. The van der Waals surface area contributed by atoms with Crippen molar-refractivity contribution in [3.63, 3.8) is 0 Å². The van der Waals surface area contributed by atoms with Gasteiger partial charge in [0.15, 0.2) is 12.1 Å². The average Bonchev–Trinajstić information content (AvgIpc) is 3.50. The van der Waals surface area contributed by atoms with Gasteiger partial charge in [-0.15, -0.1) is 5.10 Å². The van der Waals surface area contributed by atoms with Crippen molar-refractivity contribution >= 4 is 28.4 Å². The summed E-state index contributed by atoms with van der Waals surface area (Å²) in [4.78, 5) is 16.8. The highest BCUT2D eigenvalue weighted by Crippen LogP contribution is 2.30. The number of anilines is 2. The first kappa shape index (κ1) is 25.5. The van der Waals surface area contributed by atoms with Gasteiger partial charge in [-0.05, 0) is 49.6 Å². The summed E-state index contributed by atoms with van der Waals surface area (Å²) >= 11 is 0. The van der Waals surface area contributed by atoms with Gasteiger partial charge in [0.1, 0.15) is 12.3 Å². The summed E-state index contributed by atoms with van der Waals surface area (Å²) in [6, 6.07) is 10.3. The lowest BCUT2D eigenvalue weighted by atomic mass is 10.1. The van der Waals surface area contributed by atoms with Gasteiger partial charge in [-0.1, -0.05) is 6.07 Å².